The SMILES string of the molecule is CNCCCCCN1C(c2ncc(-c3ccc4ccccc4c3)n2CCCC(C)(C)C)=CNC1I. The summed E-state index contributed by atoms with van der Waals surface area (Å²) in [6.45, 7) is 10.1. The molecule has 1 atom stereocenters. The molecule has 0 amide bonds. The first kappa shape index (κ1) is 26.0. The van der Waals surface area contributed by atoms with Crippen molar-refractivity contribution in [2.45, 2.75) is 63.6 Å². The fourth-order valence-corrected chi connectivity index (χ4v) is 5.54. The highest BCUT2D eigenvalue weighted by atomic mass is 127. The van der Waals surface area contributed by atoms with Crippen molar-refractivity contribution in [2.75, 3.05) is 20.1 Å². The molecule has 5 nitrogen and oxygen atoms in total. The van der Waals surface area contributed by atoms with Crippen LogP contribution in [-0.2, 0) is 6.54 Å². The molecule has 2 N–H and O–H groups in total. The van der Waals surface area contributed by atoms with Crippen LogP contribution >= 0.6 is 22.6 Å². The normalized spacial score (nSPS) is 16.1. The zero-order valence-corrected chi connectivity index (χ0v) is 23.8. The number of alkyl halides is 1. The monoisotopic (exact) mass is 585 g/mol. The number of rotatable bonds is 11. The summed E-state index contributed by atoms with van der Waals surface area (Å²) in [5.74, 6) is 1.07. The number of fused-ring (bicyclic) bond motifs is 1. The number of halogens is 1. The molecule has 1 unspecified atom stereocenters. The Labute approximate surface area is 224 Å². The second-order valence-electron chi connectivity index (χ2n) is 10.7. The summed E-state index contributed by atoms with van der Waals surface area (Å²) in [5, 5.41) is 9.33. The Morgan fingerprint density at radius 1 is 1.00 bits per heavy atom. The lowest BCUT2D eigenvalue weighted by atomic mass is 9.90. The maximum Gasteiger partial charge on any atom is 0.158 e. The van der Waals surface area contributed by atoms with Crippen molar-refractivity contribution in [1.82, 2.24) is 25.1 Å². The molecule has 1 aliphatic heterocycles. The first-order chi connectivity index (χ1) is 16.9. The predicted molar refractivity (Wildman–Crippen MR) is 157 cm³/mol. The molecule has 0 radical (unpaired) electrons. The highest BCUT2D eigenvalue weighted by Crippen LogP contribution is 2.33. The van der Waals surface area contributed by atoms with Crippen molar-refractivity contribution in [2.24, 2.45) is 5.41 Å². The van der Waals surface area contributed by atoms with E-state index in [-0.39, 0.29) is 4.17 Å². The Hall–Kier alpha value is -2.06. The van der Waals surface area contributed by atoms with Crippen LogP contribution in [0, 0.1) is 5.41 Å². The van der Waals surface area contributed by atoms with Gasteiger partial charge >= 0.3 is 0 Å². The molecule has 188 valence electrons. The van der Waals surface area contributed by atoms with Crippen LogP contribution in [0.15, 0.2) is 54.9 Å². The molecule has 1 aliphatic rings. The number of hydrogen-bond donors (Lipinski definition) is 2. The fraction of sp³-hybridized carbons (Fsp3) is 0.483. The molecular weight excluding hydrogens is 545 g/mol. The zero-order chi connectivity index (χ0) is 24.8. The third-order valence-electron chi connectivity index (χ3n) is 6.70. The van der Waals surface area contributed by atoms with Gasteiger partial charge in [0.05, 0.1) is 17.6 Å². The third-order valence-corrected chi connectivity index (χ3v) is 7.74. The Balaban J connectivity index is 1.63. The first-order valence-corrected chi connectivity index (χ1v) is 14.2. The molecule has 0 saturated carbocycles. The molecule has 0 fully saturated rings. The van der Waals surface area contributed by atoms with Crippen LogP contribution in [0.1, 0.15) is 58.7 Å². The van der Waals surface area contributed by atoms with Crippen LogP contribution in [0.2, 0.25) is 0 Å². The fourth-order valence-electron chi connectivity index (χ4n) is 4.78. The number of nitrogens with one attached hydrogen (secondary N) is 2. The van der Waals surface area contributed by atoms with Gasteiger partial charge in [-0.1, -0.05) is 63.6 Å². The maximum atomic E-state index is 5.01. The molecule has 0 aliphatic carbocycles. The number of unbranched alkanes of at least 4 members (excludes halogenated alkanes) is 2. The molecule has 0 bridgehead atoms. The van der Waals surface area contributed by atoms with Gasteiger partial charge in [-0.3, -0.25) is 0 Å². The van der Waals surface area contributed by atoms with E-state index >= 15 is 0 Å². The number of imidazole rings is 1. The van der Waals surface area contributed by atoms with Gasteiger partial charge in [-0.2, -0.15) is 0 Å². The largest absolute Gasteiger partial charge is 0.361 e. The summed E-state index contributed by atoms with van der Waals surface area (Å²) in [7, 11) is 2.03. The number of aromatic nitrogens is 2. The molecule has 0 saturated heterocycles. The van der Waals surface area contributed by atoms with Crippen LogP contribution < -0.4 is 10.6 Å². The average Bonchev–Trinajstić information content (AvgIpc) is 3.41. The van der Waals surface area contributed by atoms with Gasteiger partial charge in [0, 0.05) is 24.9 Å². The van der Waals surface area contributed by atoms with E-state index in [0.29, 0.717) is 5.41 Å². The van der Waals surface area contributed by atoms with Crippen molar-refractivity contribution in [3.8, 4) is 11.3 Å². The Morgan fingerprint density at radius 3 is 2.57 bits per heavy atom. The van der Waals surface area contributed by atoms with E-state index in [9.17, 15) is 0 Å². The van der Waals surface area contributed by atoms with Crippen molar-refractivity contribution in [3.05, 3.63) is 60.7 Å². The molecular formula is C29H40IN5. The van der Waals surface area contributed by atoms with Crippen molar-refractivity contribution in [3.63, 3.8) is 0 Å². The molecule has 3 aromatic rings. The van der Waals surface area contributed by atoms with E-state index < -0.39 is 0 Å². The lowest BCUT2D eigenvalue weighted by molar-refractivity contribution is 0.351. The minimum Gasteiger partial charge on any atom is -0.361 e. The van der Waals surface area contributed by atoms with Gasteiger partial charge < -0.3 is 20.1 Å². The van der Waals surface area contributed by atoms with Crippen LogP contribution in [0.4, 0.5) is 0 Å². The Bertz CT molecular complexity index is 1140. The molecule has 2 aromatic carbocycles. The van der Waals surface area contributed by atoms with Gasteiger partial charge in [0.1, 0.15) is 0 Å². The second kappa shape index (κ2) is 11.8. The van der Waals surface area contributed by atoms with E-state index in [1.54, 1.807) is 0 Å². The van der Waals surface area contributed by atoms with Crippen molar-refractivity contribution >= 4 is 39.1 Å². The summed E-state index contributed by atoms with van der Waals surface area (Å²) in [4.78, 5) is 7.49. The maximum absolute atomic E-state index is 5.01. The molecule has 4 rings (SSSR count). The van der Waals surface area contributed by atoms with E-state index in [0.717, 1.165) is 31.9 Å². The van der Waals surface area contributed by atoms with Gasteiger partial charge in [0.25, 0.3) is 0 Å². The molecule has 2 heterocycles. The highest BCUT2D eigenvalue weighted by molar-refractivity contribution is 14.1. The highest BCUT2D eigenvalue weighted by Gasteiger charge is 2.28. The summed E-state index contributed by atoms with van der Waals surface area (Å²) < 4.78 is 2.71. The average molecular weight is 586 g/mol. The Kier molecular flexibility index (Phi) is 8.76. The molecule has 0 spiro atoms. The quantitative estimate of drug-likeness (QED) is 0.112. The van der Waals surface area contributed by atoms with Crippen LogP contribution in [0.5, 0.6) is 0 Å². The van der Waals surface area contributed by atoms with Crippen LogP contribution in [0.25, 0.3) is 27.7 Å². The van der Waals surface area contributed by atoms with E-state index in [1.807, 2.05) is 7.05 Å². The molecule has 35 heavy (non-hydrogen) atoms. The second-order valence-corrected chi connectivity index (χ2v) is 11.9. The van der Waals surface area contributed by atoms with E-state index in [1.165, 1.54) is 53.4 Å². The summed E-state index contributed by atoms with van der Waals surface area (Å²) in [5.41, 5.74) is 3.96. The predicted octanol–water partition coefficient (Wildman–Crippen LogP) is 6.84. The minimum absolute atomic E-state index is 0.260. The van der Waals surface area contributed by atoms with Gasteiger partial charge in [0.2, 0.25) is 0 Å². The lowest BCUT2D eigenvalue weighted by Gasteiger charge is -2.26. The van der Waals surface area contributed by atoms with Gasteiger partial charge in [-0.05, 0) is 84.1 Å². The van der Waals surface area contributed by atoms with E-state index in [4.69, 9.17) is 4.98 Å². The van der Waals surface area contributed by atoms with E-state index in [2.05, 4.69) is 118 Å². The van der Waals surface area contributed by atoms with Crippen molar-refractivity contribution in [1.29, 1.82) is 0 Å². The third kappa shape index (κ3) is 6.58. The summed E-state index contributed by atoms with van der Waals surface area (Å²) >= 11 is 2.50. The molecule has 1 aromatic heterocycles. The van der Waals surface area contributed by atoms with Crippen LogP contribution in [0.3, 0.4) is 0 Å². The number of benzene rings is 2. The summed E-state index contributed by atoms with van der Waals surface area (Å²) in [6, 6.07) is 15.4. The van der Waals surface area contributed by atoms with Gasteiger partial charge in [-0.25, -0.2) is 4.98 Å². The van der Waals surface area contributed by atoms with Gasteiger partial charge in [0.15, 0.2) is 10.00 Å². The van der Waals surface area contributed by atoms with Crippen LogP contribution in [-0.4, -0.2) is 38.8 Å². The zero-order valence-electron chi connectivity index (χ0n) is 21.6. The first-order valence-electron chi connectivity index (χ1n) is 12.9. The standard InChI is InChI=1S/C29H40IN5/c1-29(2,3)15-10-18-34-25(24-14-13-22-11-6-7-12-23(22)19-24)20-32-27(34)26-21-33-28(30)35(26)17-9-5-8-16-31-4/h6-7,11-14,19-21,28,31,33H,5,8-10,15-18H2,1-4H3. The van der Waals surface area contributed by atoms with Crippen molar-refractivity contribution < 1.29 is 0 Å². The minimum atomic E-state index is 0.260. The number of hydrogen-bond acceptors (Lipinski definition) is 4. The topological polar surface area (TPSA) is 45.1 Å². The summed E-state index contributed by atoms with van der Waals surface area (Å²) in [6.07, 6.45) is 10.2. The lowest BCUT2D eigenvalue weighted by Crippen LogP contribution is -2.32. The number of nitrogens with zero attached hydrogens (tertiary/aromatic N) is 3. The van der Waals surface area contributed by atoms with Gasteiger partial charge in [-0.15, -0.1) is 0 Å². The Morgan fingerprint density at radius 2 is 1.80 bits per heavy atom. The molecule has 6 heteroatoms. The smallest absolute Gasteiger partial charge is 0.158 e.